The predicted octanol–water partition coefficient (Wildman–Crippen LogP) is 3.81. The van der Waals surface area contributed by atoms with Gasteiger partial charge in [0.1, 0.15) is 6.54 Å². The molecule has 3 rings (SSSR count). The monoisotopic (exact) mass is 460 g/mol. The van der Waals surface area contributed by atoms with Crippen molar-refractivity contribution in [2.75, 3.05) is 32.3 Å². The van der Waals surface area contributed by atoms with Crippen LogP contribution in [-0.2, 0) is 9.59 Å². The second-order valence-electron chi connectivity index (χ2n) is 6.32. The Labute approximate surface area is 187 Å². The van der Waals surface area contributed by atoms with Crippen LogP contribution in [0.5, 0.6) is 17.2 Å². The van der Waals surface area contributed by atoms with Crippen molar-refractivity contribution < 1.29 is 29.0 Å². The molecular formula is C21H20N2O6S2. The van der Waals surface area contributed by atoms with Gasteiger partial charge in [-0.25, -0.2) is 0 Å². The number of nitrogens with one attached hydrogen (secondary N) is 1. The summed E-state index contributed by atoms with van der Waals surface area (Å²) >= 11 is 2.27. The number of ether oxygens (including phenoxy) is 2. The summed E-state index contributed by atoms with van der Waals surface area (Å²) in [5.74, 6) is -0.894. The van der Waals surface area contributed by atoms with Crippen LogP contribution in [-0.4, -0.2) is 54.1 Å². The first-order valence-corrected chi connectivity index (χ1v) is 11.0. The summed E-state index contributed by atoms with van der Waals surface area (Å²) in [7, 11) is 2.78. The molecule has 0 spiro atoms. The van der Waals surface area contributed by atoms with Crippen molar-refractivity contribution in [2.24, 2.45) is 0 Å². The maximum Gasteiger partial charge on any atom is 0.294 e. The Hall–Kier alpha value is -3.11. The summed E-state index contributed by atoms with van der Waals surface area (Å²) in [6.45, 7) is -0.395. The van der Waals surface area contributed by atoms with Crippen LogP contribution in [0, 0.1) is 0 Å². The highest BCUT2D eigenvalue weighted by Gasteiger charge is 2.36. The standard InChI is InChI=1S/C21H20N2O6S2/c1-28-15-7-12(8-16(29-2)19(15)25)9-17-20(26)23(21(27)31-17)11-18(24)22-13-5-4-6-14(10-13)30-3/h4-10,25H,11H2,1-3H3,(H,22,24)/b17-9+. The number of phenolic OH excluding ortho intramolecular Hbond substituents is 1. The average molecular weight is 461 g/mol. The van der Waals surface area contributed by atoms with Crippen LogP contribution in [0.15, 0.2) is 46.2 Å². The van der Waals surface area contributed by atoms with Gasteiger partial charge >= 0.3 is 0 Å². The molecule has 2 N–H and O–H groups in total. The number of hydrogen-bond acceptors (Lipinski definition) is 8. The van der Waals surface area contributed by atoms with E-state index in [2.05, 4.69) is 5.32 Å². The fourth-order valence-electron chi connectivity index (χ4n) is 2.83. The fourth-order valence-corrected chi connectivity index (χ4v) is 4.13. The Morgan fingerprint density at radius 1 is 1.19 bits per heavy atom. The molecule has 31 heavy (non-hydrogen) atoms. The highest BCUT2D eigenvalue weighted by atomic mass is 32.2. The molecule has 0 bridgehead atoms. The number of carbonyl (C=O) groups excluding carboxylic acids is 3. The van der Waals surface area contributed by atoms with Crippen LogP contribution in [0.2, 0.25) is 0 Å². The molecule has 0 aromatic heterocycles. The van der Waals surface area contributed by atoms with Crippen LogP contribution in [0.4, 0.5) is 10.5 Å². The summed E-state index contributed by atoms with van der Waals surface area (Å²) in [5, 5.41) is 12.2. The van der Waals surface area contributed by atoms with Gasteiger partial charge in [-0.15, -0.1) is 11.8 Å². The molecule has 2 aromatic carbocycles. The van der Waals surface area contributed by atoms with Gasteiger partial charge in [0.05, 0.1) is 19.1 Å². The Kier molecular flexibility index (Phi) is 7.13. The maximum atomic E-state index is 12.7. The summed E-state index contributed by atoms with van der Waals surface area (Å²) in [6, 6.07) is 10.3. The number of amides is 3. The zero-order valence-electron chi connectivity index (χ0n) is 17.0. The molecule has 1 heterocycles. The normalized spacial score (nSPS) is 14.8. The van der Waals surface area contributed by atoms with Crippen molar-refractivity contribution >= 4 is 52.3 Å². The topological polar surface area (TPSA) is 105 Å². The van der Waals surface area contributed by atoms with Gasteiger partial charge in [0, 0.05) is 10.6 Å². The average Bonchev–Trinajstić information content (AvgIpc) is 3.02. The third-order valence-electron chi connectivity index (χ3n) is 4.33. The number of nitrogens with zero attached hydrogens (tertiary/aromatic N) is 1. The smallest absolute Gasteiger partial charge is 0.294 e. The number of phenols is 1. The molecule has 1 fully saturated rings. The van der Waals surface area contributed by atoms with Gasteiger partial charge < -0.3 is 19.9 Å². The van der Waals surface area contributed by atoms with E-state index in [1.165, 1.54) is 44.2 Å². The number of benzene rings is 2. The van der Waals surface area contributed by atoms with E-state index in [0.717, 1.165) is 21.6 Å². The van der Waals surface area contributed by atoms with Crippen LogP contribution in [0.25, 0.3) is 6.08 Å². The molecule has 10 heteroatoms. The molecular weight excluding hydrogens is 440 g/mol. The molecule has 3 amide bonds. The minimum atomic E-state index is -0.575. The Morgan fingerprint density at radius 3 is 2.48 bits per heavy atom. The highest BCUT2D eigenvalue weighted by molar-refractivity contribution is 8.18. The second-order valence-corrected chi connectivity index (χ2v) is 8.19. The first-order valence-electron chi connectivity index (χ1n) is 9.00. The Morgan fingerprint density at radius 2 is 1.87 bits per heavy atom. The van der Waals surface area contributed by atoms with Crippen LogP contribution >= 0.6 is 23.5 Å². The van der Waals surface area contributed by atoms with Crippen LogP contribution < -0.4 is 14.8 Å². The maximum absolute atomic E-state index is 12.7. The number of imide groups is 1. The van der Waals surface area contributed by atoms with Gasteiger partial charge in [-0.05, 0) is 60.0 Å². The zero-order valence-corrected chi connectivity index (χ0v) is 18.6. The van der Waals surface area contributed by atoms with E-state index in [1.807, 2.05) is 24.5 Å². The second kappa shape index (κ2) is 9.80. The SMILES string of the molecule is COc1cc(/C=C2/SC(=O)N(CC(=O)Nc3cccc(SC)c3)C2=O)cc(OC)c1O. The molecule has 0 unspecified atom stereocenters. The quantitative estimate of drug-likeness (QED) is 0.475. The molecule has 0 saturated carbocycles. The molecule has 0 radical (unpaired) electrons. The molecule has 2 aromatic rings. The van der Waals surface area contributed by atoms with Crippen molar-refractivity contribution in [3.63, 3.8) is 0 Å². The van der Waals surface area contributed by atoms with E-state index in [1.54, 1.807) is 6.07 Å². The zero-order chi connectivity index (χ0) is 22.5. The third-order valence-corrected chi connectivity index (χ3v) is 5.96. The van der Waals surface area contributed by atoms with Crippen molar-refractivity contribution in [1.29, 1.82) is 0 Å². The van der Waals surface area contributed by atoms with Crippen molar-refractivity contribution in [2.45, 2.75) is 4.90 Å². The first kappa shape index (κ1) is 22.6. The first-order chi connectivity index (χ1) is 14.9. The number of anilines is 1. The van der Waals surface area contributed by atoms with Gasteiger partial charge in [0.25, 0.3) is 11.1 Å². The van der Waals surface area contributed by atoms with Gasteiger partial charge in [0.15, 0.2) is 11.5 Å². The van der Waals surface area contributed by atoms with E-state index in [0.29, 0.717) is 11.3 Å². The molecule has 0 aliphatic carbocycles. The summed E-state index contributed by atoms with van der Waals surface area (Å²) in [6.07, 6.45) is 3.40. The summed E-state index contributed by atoms with van der Waals surface area (Å²) in [4.78, 5) is 39.4. The number of hydrogen-bond donors (Lipinski definition) is 2. The van der Waals surface area contributed by atoms with Gasteiger partial charge in [-0.3, -0.25) is 19.3 Å². The Bertz CT molecular complexity index is 1040. The Balaban J connectivity index is 1.75. The van der Waals surface area contributed by atoms with Crippen molar-refractivity contribution in [3.05, 3.63) is 46.9 Å². The number of carbonyl (C=O) groups is 3. The lowest BCUT2D eigenvalue weighted by Gasteiger charge is -2.13. The largest absolute Gasteiger partial charge is 0.502 e. The minimum absolute atomic E-state index is 0.150. The number of thioether (sulfide) groups is 2. The van der Waals surface area contributed by atoms with E-state index in [4.69, 9.17) is 9.47 Å². The van der Waals surface area contributed by atoms with E-state index in [-0.39, 0.29) is 22.2 Å². The van der Waals surface area contributed by atoms with E-state index >= 15 is 0 Å². The van der Waals surface area contributed by atoms with Gasteiger partial charge in [-0.2, -0.15) is 0 Å². The lowest BCUT2D eigenvalue weighted by Crippen LogP contribution is -2.36. The van der Waals surface area contributed by atoms with E-state index < -0.39 is 23.6 Å². The van der Waals surface area contributed by atoms with Crippen LogP contribution in [0.1, 0.15) is 5.56 Å². The third kappa shape index (κ3) is 5.15. The molecule has 0 atom stereocenters. The summed E-state index contributed by atoms with van der Waals surface area (Å²) in [5.41, 5.74) is 1.08. The van der Waals surface area contributed by atoms with Crippen LogP contribution in [0.3, 0.4) is 0 Å². The lowest BCUT2D eigenvalue weighted by molar-refractivity contribution is -0.127. The molecule has 1 aliphatic heterocycles. The number of methoxy groups -OCH3 is 2. The number of rotatable bonds is 7. The minimum Gasteiger partial charge on any atom is -0.502 e. The van der Waals surface area contributed by atoms with E-state index in [9.17, 15) is 19.5 Å². The number of aromatic hydroxyl groups is 1. The molecule has 1 saturated heterocycles. The summed E-state index contributed by atoms with van der Waals surface area (Å²) < 4.78 is 10.2. The van der Waals surface area contributed by atoms with Crippen molar-refractivity contribution in [3.8, 4) is 17.2 Å². The lowest BCUT2D eigenvalue weighted by atomic mass is 10.1. The van der Waals surface area contributed by atoms with Gasteiger partial charge in [-0.1, -0.05) is 6.07 Å². The molecule has 1 aliphatic rings. The van der Waals surface area contributed by atoms with Gasteiger partial charge in [0.2, 0.25) is 11.7 Å². The predicted molar refractivity (Wildman–Crippen MR) is 121 cm³/mol. The van der Waals surface area contributed by atoms with Crippen molar-refractivity contribution in [1.82, 2.24) is 4.90 Å². The fraction of sp³-hybridized carbons (Fsp3) is 0.190. The highest BCUT2D eigenvalue weighted by Crippen LogP contribution is 2.39. The molecule has 8 nitrogen and oxygen atoms in total. The molecule has 162 valence electrons.